The van der Waals surface area contributed by atoms with Gasteiger partial charge >= 0.3 is 0 Å². The fourth-order valence-electron chi connectivity index (χ4n) is 3.09. The van der Waals surface area contributed by atoms with E-state index in [0.29, 0.717) is 21.7 Å². The Labute approximate surface area is 170 Å². The lowest BCUT2D eigenvalue weighted by Gasteiger charge is -2.11. The molecule has 0 fully saturated rings. The van der Waals surface area contributed by atoms with Crippen LogP contribution in [0.5, 0.6) is 0 Å². The molecule has 1 heterocycles. The molecular formula is C22H13ClNO3S-. The average Bonchev–Trinajstić information content (AvgIpc) is 3.11. The number of fused-ring (bicyclic) bond motifs is 1. The average molecular weight is 407 g/mol. The zero-order valence-corrected chi connectivity index (χ0v) is 16.0. The molecule has 0 atom stereocenters. The molecule has 4 nitrogen and oxygen atoms in total. The molecule has 4 aromatic rings. The highest BCUT2D eigenvalue weighted by Gasteiger charge is 2.18. The largest absolute Gasteiger partial charge is 0.545 e. The molecule has 1 N–H and O–H groups in total. The van der Waals surface area contributed by atoms with Gasteiger partial charge in [0.05, 0.1) is 5.97 Å². The maximum atomic E-state index is 12.9. The minimum Gasteiger partial charge on any atom is -0.545 e. The van der Waals surface area contributed by atoms with Crippen molar-refractivity contribution in [1.82, 2.24) is 0 Å². The van der Waals surface area contributed by atoms with E-state index in [1.54, 1.807) is 41.8 Å². The number of nitrogens with one attached hydrogen (secondary N) is 1. The maximum absolute atomic E-state index is 12.9. The summed E-state index contributed by atoms with van der Waals surface area (Å²) in [5, 5.41) is 18.7. The van der Waals surface area contributed by atoms with Gasteiger partial charge in [0.1, 0.15) is 5.00 Å². The van der Waals surface area contributed by atoms with Gasteiger partial charge in [-0.15, -0.1) is 11.3 Å². The number of amides is 1. The van der Waals surface area contributed by atoms with Gasteiger partial charge in [0.15, 0.2) is 0 Å². The second-order valence-corrected chi connectivity index (χ2v) is 7.44. The van der Waals surface area contributed by atoms with E-state index < -0.39 is 5.97 Å². The van der Waals surface area contributed by atoms with Gasteiger partial charge in [0, 0.05) is 27.1 Å². The number of benzene rings is 3. The molecule has 1 aromatic heterocycles. The number of hydrogen-bond donors (Lipinski definition) is 1. The molecule has 0 radical (unpaired) electrons. The topological polar surface area (TPSA) is 69.2 Å². The number of carboxylic acids is 1. The highest BCUT2D eigenvalue weighted by Crippen LogP contribution is 2.36. The third-order valence-electron chi connectivity index (χ3n) is 4.41. The molecule has 0 saturated carbocycles. The van der Waals surface area contributed by atoms with Crippen molar-refractivity contribution in [3.8, 4) is 11.1 Å². The first-order chi connectivity index (χ1) is 13.5. The molecule has 0 aliphatic carbocycles. The molecule has 0 spiro atoms. The normalized spacial score (nSPS) is 10.8. The van der Waals surface area contributed by atoms with E-state index >= 15 is 0 Å². The first-order valence-electron chi connectivity index (χ1n) is 8.42. The number of rotatable bonds is 4. The zero-order valence-electron chi connectivity index (χ0n) is 14.4. The Morgan fingerprint density at radius 1 is 0.929 bits per heavy atom. The fourth-order valence-corrected chi connectivity index (χ4v) is 4.17. The number of anilines is 1. The quantitative estimate of drug-likeness (QED) is 0.527. The van der Waals surface area contributed by atoms with Crippen molar-refractivity contribution < 1.29 is 14.7 Å². The van der Waals surface area contributed by atoms with Crippen molar-refractivity contribution in [2.45, 2.75) is 0 Å². The van der Waals surface area contributed by atoms with Crippen LogP contribution < -0.4 is 10.4 Å². The second-order valence-electron chi connectivity index (χ2n) is 6.13. The highest BCUT2D eigenvalue weighted by atomic mass is 35.5. The predicted octanol–water partition coefficient (Wildman–Crippen LogP) is 4.84. The molecule has 3 aromatic carbocycles. The summed E-state index contributed by atoms with van der Waals surface area (Å²) < 4.78 is 0. The lowest BCUT2D eigenvalue weighted by molar-refractivity contribution is -0.254. The van der Waals surface area contributed by atoms with Gasteiger partial charge in [0.2, 0.25) is 0 Å². The zero-order chi connectivity index (χ0) is 19.7. The number of aromatic carboxylic acids is 1. The van der Waals surface area contributed by atoms with Gasteiger partial charge in [-0.3, -0.25) is 4.79 Å². The van der Waals surface area contributed by atoms with Crippen molar-refractivity contribution in [2.24, 2.45) is 0 Å². The molecule has 28 heavy (non-hydrogen) atoms. The molecule has 1 amide bonds. The molecule has 0 aliphatic heterocycles. The molecular weight excluding hydrogens is 394 g/mol. The number of thiophene rings is 1. The lowest BCUT2D eigenvalue weighted by atomic mass is 10.0. The Balaban J connectivity index is 1.73. The van der Waals surface area contributed by atoms with Crippen LogP contribution in [0, 0.1) is 0 Å². The van der Waals surface area contributed by atoms with Gasteiger partial charge in [0.25, 0.3) is 5.91 Å². The van der Waals surface area contributed by atoms with Crippen LogP contribution in [0.15, 0.2) is 72.1 Å². The Morgan fingerprint density at radius 3 is 2.39 bits per heavy atom. The fraction of sp³-hybridized carbons (Fsp3) is 0. The van der Waals surface area contributed by atoms with Crippen LogP contribution in [0.25, 0.3) is 21.9 Å². The smallest absolute Gasteiger partial charge is 0.256 e. The second kappa shape index (κ2) is 7.46. The summed E-state index contributed by atoms with van der Waals surface area (Å²) in [6, 6.07) is 19.8. The van der Waals surface area contributed by atoms with E-state index in [4.69, 9.17) is 11.6 Å². The van der Waals surface area contributed by atoms with Crippen LogP contribution in [0.3, 0.4) is 0 Å². The van der Waals surface area contributed by atoms with Gasteiger partial charge in [-0.25, -0.2) is 0 Å². The van der Waals surface area contributed by atoms with Crippen LogP contribution in [-0.2, 0) is 0 Å². The molecule has 0 saturated heterocycles. The molecule has 0 aliphatic rings. The monoisotopic (exact) mass is 406 g/mol. The summed E-state index contributed by atoms with van der Waals surface area (Å²) >= 11 is 7.05. The first-order valence-corrected chi connectivity index (χ1v) is 9.68. The van der Waals surface area contributed by atoms with Gasteiger partial charge < -0.3 is 15.2 Å². The molecule has 138 valence electrons. The van der Waals surface area contributed by atoms with Crippen molar-refractivity contribution in [3.05, 3.63) is 88.3 Å². The predicted molar refractivity (Wildman–Crippen MR) is 111 cm³/mol. The van der Waals surface area contributed by atoms with E-state index in [2.05, 4.69) is 5.32 Å². The summed E-state index contributed by atoms with van der Waals surface area (Å²) in [4.78, 5) is 24.7. The number of halogens is 1. The Hall–Kier alpha value is -3.15. The van der Waals surface area contributed by atoms with E-state index in [9.17, 15) is 14.7 Å². The summed E-state index contributed by atoms with van der Waals surface area (Å²) in [7, 11) is 0. The number of carbonyl (C=O) groups excluding carboxylic acids is 2. The molecule has 4 rings (SSSR count). The Morgan fingerprint density at radius 2 is 1.64 bits per heavy atom. The number of hydrogen-bond acceptors (Lipinski definition) is 4. The Kier molecular flexibility index (Phi) is 4.86. The van der Waals surface area contributed by atoms with Gasteiger partial charge in [-0.2, -0.15) is 0 Å². The first kappa shape index (κ1) is 18.2. The van der Waals surface area contributed by atoms with Crippen molar-refractivity contribution in [1.29, 1.82) is 0 Å². The molecule has 0 bridgehead atoms. The van der Waals surface area contributed by atoms with Gasteiger partial charge in [-0.1, -0.05) is 60.1 Å². The number of carboxylic acid groups (broad SMARTS) is 1. The van der Waals surface area contributed by atoms with Crippen LogP contribution >= 0.6 is 22.9 Å². The summed E-state index contributed by atoms with van der Waals surface area (Å²) in [5.41, 5.74) is 1.60. The summed E-state index contributed by atoms with van der Waals surface area (Å²) in [6.45, 7) is 0. The lowest BCUT2D eigenvalue weighted by Crippen LogP contribution is -2.24. The Bertz CT molecular complexity index is 1190. The van der Waals surface area contributed by atoms with Crippen LogP contribution in [0.1, 0.15) is 20.7 Å². The van der Waals surface area contributed by atoms with Crippen LogP contribution in [0.4, 0.5) is 5.00 Å². The standard InChI is InChI=1S/C22H14ClNO3S/c23-15-10-8-14(9-11-15)18-12-28-21(19(18)22(26)27)24-20(25)17-7-3-5-13-4-1-2-6-16(13)17/h1-12H,(H,24,25)(H,26,27)/p-1. The molecule has 6 heteroatoms. The van der Waals surface area contributed by atoms with E-state index in [1.807, 2.05) is 30.3 Å². The minimum atomic E-state index is -1.35. The summed E-state index contributed by atoms with van der Waals surface area (Å²) in [5.74, 6) is -1.72. The minimum absolute atomic E-state index is 0.0408. The van der Waals surface area contributed by atoms with Crippen molar-refractivity contribution in [2.75, 3.05) is 5.32 Å². The third kappa shape index (κ3) is 3.38. The van der Waals surface area contributed by atoms with Crippen molar-refractivity contribution >= 4 is 50.6 Å². The van der Waals surface area contributed by atoms with E-state index in [1.165, 1.54) is 0 Å². The maximum Gasteiger partial charge on any atom is 0.256 e. The van der Waals surface area contributed by atoms with E-state index in [-0.39, 0.29) is 16.5 Å². The summed E-state index contributed by atoms with van der Waals surface area (Å²) in [6.07, 6.45) is 0. The number of carbonyl (C=O) groups is 2. The SMILES string of the molecule is O=C([O-])c1c(-c2ccc(Cl)cc2)csc1NC(=O)c1cccc2ccccc12. The third-order valence-corrected chi connectivity index (χ3v) is 5.56. The van der Waals surface area contributed by atoms with Crippen LogP contribution in [-0.4, -0.2) is 11.9 Å². The van der Waals surface area contributed by atoms with Crippen LogP contribution in [0.2, 0.25) is 5.02 Å². The van der Waals surface area contributed by atoms with Gasteiger partial charge in [-0.05, 0) is 34.5 Å². The van der Waals surface area contributed by atoms with Crippen molar-refractivity contribution in [3.63, 3.8) is 0 Å². The van der Waals surface area contributed by atoms with E-state index in [0.717, 1.165) is 22.1 Å². The molecule has 0 unspecified atom stereocenters. The highest BCUT2D eigenvalue weighted by molar-refractivity contribution is 7.15.